The molecule has 1 fully saturated rings. The molecule has 0 bridgehead atoms. The molecule has 0 aliphatic heterocycles. The van der Waals surface area contributed by atoms with Gasteiger partial charge in [0.15, 0.2) is 5.82 Å². The Labute approximate surface area is 228 Å². The average molecular weight is 584 g/mol. The molecule has 15 heteroatoms. The molecular weight excluding hydrogens is 559 g/mol. The molecule has 0 radical (unpaired) electrons. The van der Waals surface area contributed by atoms with E-state index in [0.717, 1.165) is 37.7 Å². The summed E-state index contributed by atoms with van der Waals surface area (Å²) in [7, 11) is 0. The maximum Gasteiger partial charge on any atom is 0.430 e. The average Bonchev–Trinajstić information content (AvgIpc) is 3.59. The summed E-state index contributed by atoms with van der Waals surface area (Å²) in [6.45, 7) is 4.33. The van der Waals surface area contributed by atoms with Crippen LogP contribution < -0.4 is 5.32 Å². The predicted molar refractivity (Wildman–Crippen MR) is 133 cm³/mol. The number of hydrogen-bond donors (Lipinski definition) is 2. The molecule has 41 heavy (non-hydrogen) atoms. The highest BCUT2D eigenvalue weighted by molar-refractivity contribution is 5.71. The molecule has 4 aromatic rings. The third-order valence-corrected chi connectivity index (χ3v) is 7.02. The molecule has 218 valence electrons. The minimum atomic E-state index is -6.06. The second-order valence-corrected chi connectivity index (χ2v) is 10.0. The standard InChI is InChI=1S/C26H24F7N7O/c1-13-22(17-6-8-18(27)9-7-17)38-39(11-16-4-5-16)23(13)36-19-10-20(35-12-34-19)40-15(3)21(14(2)37-40)24(41,25(28,29)30)26(31,32)33/h6-10,12,16,41H,4-5,11H2,1-3H3,(H,34,35,36). The zero-order valence-corrected chi connectivity index (χ0v) is 21.9. The van der Waals surface area contributed by atoms with Gasteiger partial charge in [-0.2, -0.15) is 36.5 Å². The summed E-state index contributed by atoms with van der Waals surface area (Å²) in [5.74, 6) is 0.610. The fraction of sp³-hybridized carbons (Fsp3) is 0.385. The van der Waals surface area contributed by atoms with Crippen molar-refractivity contribution in [2.24, 2.45) is 5.92 Å². The Morgan fingerprint density at radius 3 is 2.17 bits per heavy atom. The van der Waals surface area contributed by atoms with E-state index in [1.807, 2.05) is 6.92 Å². The van der Waals surface area contributed by atoms with Crippen molar-refractivity contribution in [2.45, 2.75) is 58.1 Å². The molecule has 2 N–H and O–H groups in total. The van der Waals surface area contributed by atoms with Crippen LogP contribution in [-0.4, -0.2) is 47.0 Å². The topological polar surface area (TPSA) is 93.7 Å². The van der Waals surface area contributed by atoms with E-state index in [1.165, 1.54) is 18.2 Å². The number of anilines is 2. The molecule has 0 unspecified atom stereocenters. The highest BCUT2D eigenvalue weighted by Gasteiger charge is 2.73. The Bertz CT molecular complexity index is 1570. The van der Waals surface area contributed by atoms with Crippen LogP contribution in [0.1, 0.15) is 35.4 Å². The first-order valence-corrected chi connectivity index (χ1v) is 12.5. The van der Waals surface area contributed by atoms with Gasteiger partial charge in [0.25, 0.3) is 5.60 Å². The Morgan fingerprint density at radius 1 is 0.951 bits per heavy atom. The summed E-state index contributed by atoms with van der Waals surface area (Å²) < 4.78 is 97.7. The number of halogens is 7. The molecule has 8 nitrogen and oxygen atoms in total. The number of aliphatic hydroxyl groups is 1. The lowest BCUT2D eigenvalue weighted by molar-refractivity contribution is -0.376. The summed E-state index contributed by atoms with van der Waals surface area (Å²) in [6, 6.07) is 7.14. The monoisotopic (exact) mass is 583 g/mol. The molecule has 3 aromatic heterocycles. The highest BCUT2D eigenvalue weighted by Crippen LogP contribution is 2.52. The Balaban J connectivity index is 1.54. The maximum absolute atomic E-state index is 13.6. The summed E-state index contributed by atoms with van der Waals surface area (Å²) in [5, 5.41) is 21.7. The third kappa shape index (κ3) is 5.02. The maximum atomic E-state index is 13.6. The molecule has 3 heterocycles. The second-order valence-electron chi connectivity index (χ2n) is 10.0. The number of alkyl halides is 6. The van der Waals surface area contributed by atoms with Crippen molar-refractivity contribution in [3.8, 4) is 17.1 Å². The highest BCUT2D eigenvalue weighted by atomic mass is 19.4. The van der Waals surface area contributed by atoms with E-state index < -0.39 is 40.7 Å². The Morgan fingerprint density at radius 2 is 1.59 bits per heavy atom. The van der Waals surface area contributed by atoms with E-state index in [2.05, 4.69) is 20.4 Å². The van der Waals surface area contributed by atoms with Crippen LogP contribution in [0.25, 0.3) is 17.1 Å². The predicted octanol–water partition coefficient (Wildman–Crippen LogP) is 6.06. The van der Waals surface area contributed by atoms with Crippen molar-refractivity contribution in [3.05, 3.63) is 65.0 Å². The number of hydrogen-bond acceptors (Lipinski definition) is 6. The fourth-order valence-corrected chi connectivity index (χ4v) is 4.75. The van der Waals surface area contributed by atoms with Crippen LogP contribution in [0.15, 0.2) is 36.7 Å². The number of rotatable bonds is 7. The molecule has 5 rings (SSSR count). The van der Waals surface area contributed by atoms with Crippen molar-refractivity contribution in [3.63, 3.8) is 0 Å². The minimum absolute atomic E-state index is 0.134. The lowest BCUT2D eigenvalue weighted by Gasteiger charge is -2.32. The van der Waals surface area contributed by atoms with Crippen molar-refractivity contribution < 1.29 is 35.8 Å². The van der Waals surface area contributed by atoms with Crippen LogP contribution in [0, 0.1) is 32.5 Å². The molecule has 0 atom stereocenters. The molecule has 1 saturated carbocycles. The van der Waals surface area contributed by atoms with Gasteiger partial charge in [-0.15, -0.1) is 0 Å². The fourth-order valence-electron chi connectivity index (χ4n) is 4.75. The first-order valence-electron chi connectivity index (χ1n) is 12.5. The number of nitrogens with zero attached hydrogens (tertiary/aromatic N) is 6. The van der Waals surface area contributed by atoms with Gasteiger partial charge in [-0.05, 0) is 63.8 Å². The van der Waals surface area contributed by atoms with Crippen LogP contribution in [-0.2, 0) is 12.1 Å². The largest absolute Gasteiger partial charge is 0.430 e. The van der Waals surface area contributed by atoms with Gasteiger partial charge >= 0.3 is 12.4 Å². The van der Waals surface area contributed by atoms with E-state index in [-0.39, 0.29) is 11.6 Å². The summed E-state index contributed by atoms with van der Waals surface area (Å²) in [4.78, 5) is 8.14. The number of nitrogens with one attached hydrogen (secondary N) is 1. The lowest BCUT2D eigenvalue weighted by Crippen LogP contribution is -2.54. The molecule has 0 spiro atoms. The van der Waals surface area contributed by atoms with Crippen molar-refractivity contribution in [2.75, 3.05) is 5.32 Å². The Hall–Kier alpha value is -4.01. The first kappa shape index (κ1) is 28.5. The van der Waals surface area contributed by atoms with Crippen molar-refractivity contribution >= 4 is 11.6 Å². The van der Waals surface area contributed by atoms with Crippen LogP contribution >= 0.6 is 0 Å². The van der Waals surface area contributed by atoms with E-state index in [4.69, 9.17) is 5.10 Å². The van der Waals surface area contributed by atoms with Crippen LogP contribution in [0.2, 0.25) is 0 Å². The lowest BCUT2D eigenvalue weighted by atomic mass is 9.90. The molecular formula is C26H24F7N7O. The van der Waals surface area contributed by atoms with Gasteiger partial charge in [-0.25, -0.2) is 23.7 Å². The quantitative estimate of drug-likeness (QED) is 0.257. The van der Waals surface area contributed by atoms with Gasteiger partial charge < -0.3 is 10.4 Å². The van der Waals surface area contributed by atoms with E-state index in [1.54, 1.807) is 16.8 Å². The molecule has 1 aromatic carbocycles. The second kappa shape index (κ2) is 9.82. The smallest absolute Gasteiger partial charge is 0.369 e. The summed E-state index contributed by atoms with van der Waals surface area (Å²) in [5.41, 5.74) is -5.83. The molecule has 0 amide bonds. The number of benzene rings is 1. The van der Waals surface area contributed by atoms with Crippen molar-refractivity contribution in [1.82, 2.24) is 29.5 Å². The molecule has 0 saturated heterocycles. The van der Waals surface area contributed by atoms with Gasteiger partial charge in [0.05, 0.1) is 17.1 Å². The van der Waals surface area contributed by atoms with Crippen LogP contribution in [0.5, 0.6) is 0 Å². The molecule has 1 aliphatic rings. The number of aromatic nitrogens is 6. The summed E-state index contributed by atoms with van der Waals surface area (Å²) >= 11 is 0. The van der Waals surface area contributed by atoms with E-state index in [0.29, 0.717) is 35.1 Å². The van der Waals surface area contributed by atoms with Gasteiger partial charge in [0.1, 0.15) is 23.8 Å². The Kier molecular flexibility index (Phi) is 6.83. The zero-order chi connectivity index (χ0) is 29.9. The molecule has 1 aliphatic carbocycles. The third-order valence-electron chi connectivity index (χ3n) is 7.02. The van der Waals surface area contributed by atoms with Crippen LogP contribution in [0.4, 0.5) is 42.4 Å². The van der Waals surface area contributed by atoms with E-state index >= 15 is 0 Å². The van der Waals surface area contributed by atoms with Gasteiger partial charge in [-0.1, -0.05) is 0 Å². The minimum Gasteiger partial charge on any atom is -0.369 e. The van der Waals surface area contributed by atoms with Gasteiger partial charge in [-0.3, -0.25) is 0 Å². The van der Waals surface area contributed by atoms with Crippen LogP contribution in [0.3, 0.4) is 0 Å². The normalized spacial score (nSPS) is 14.5. The van der Waals surface area contributed by atoms with Gasteiger partial charge in [0.2, 0.25) is 0 Å². The zero-order valence-electron chi connectivity index (χ0n) is 21.9. The van der Waals surface area contributed by atoms with Crippen molar-refractivity contribution in [1.29, 1.82) is 0 Å². The number of aryl methyl sites for hydroxylation is 1. The summed E-state index contributed by atoms with van der Waals surface area (Å²) in [6.07, 6.45) is -8.99. The first-order chi connectivity index (χ1) is 19.1. The van der Waals surface area contributed by atoms with Gasteiger partial charge in [0, 0.05) is 29.3 Å². The van der Waals surface area contributed by atoms with E-state index in [9.17, 15) is 35.8 Å². The SMILES string of the molecule is Cc1nn(-c2cc(Nc3c(C)c(-c4ccc(F)cc4)nn3CC3CC3)ncn2)c(C)c1C(O)(C(F)(F)F)C(F)(F)F.